The van der Waals surface area contributed by atoms with Gasteiger partial charge in [0, 0.05) is 18.5 Å². The number of anilines is 3. The number of nitrogens with one attached hydrogen (secondary N) is 2. The molecule has 0 spiro atoms. The molecule has 1 heterocycles. The van der Waals surface area contributed by atoms with Gasteiger partial charge in [-0.15, -0.1) is 0 Å². The topological polar surface area (TPSA) is 70.1 Å². The van der Waals surface area contributed by atoms with Crippen LogP contribution in [-0.4, -0.2) is 28.2 Å². The number of hydrogen-bond acceptors (Lipinski definition) is 5. The zero-order chi connectivity index (χ0) is 15.5. The zero-order valence-corrected chi connectivity index (χ0v) is 12.6. The summed E-state index contributed by atoms with van der Waals surface area (Å²) in [6.45, 7) is 0.383. The van der Waals surface area contributed by atoms with E-state index in [0.717, 1.165) is 18.5 Å². The van der Waals surface area contributed by atoms with Crippen LogP contribution in [0.1, 0.15) is 24.5 Å². The van der Waals surface area contributed by atoms with E-state index in [4.69, 9.17) is 16.7 Å². The van der Waals surface area contributed by atoms with E-state index >= 15 is 0 Å². The molecule has 0 bridgehead atoms. The summed E-state index contributed by atoms with van der Waals surface area (Å²) in [6, 6.07) is 6.03. The van der Waals surface area contributed by atoms with Crippen molar-refractivity contribution < 1.29 is 9.50 Å². The Labute approximate surface area is 132 Å². The quantitative estimate of drug-likeness (QED) is 0.761. The van der Waals surface area contributed by atoms with Crippen LogP contribution in [-0.2, 0) is 0 Å². The van der Waals surface area contributed by atoms with Crippen LogP contribution >= 0.6 is 11.6 Å². The lowest BCUT2D eigenvalue weighted by Gasteiger charge is -2.11. The van der Waals surface area contributed by atoms with Crippen molar-refractivity contribution in [2.75, 3.05) is 23.8 Å². The number of halogens is 2. The van der Waals surface area contributed by atoms with Crippen molar-refractivity contribution in [3.63, 3.8) is 0 Å². The monoisotopic (exact) mass is 322 g/mol. The average molecular weight is 323 g/mol. The molecular formula is C15H16ClFN4O. The maximum Gasteiger partial charge on any atom is 0.224 e. The third-order valence-corrected chi connectivity index (χ3v) is 3.64. The second-order valence-corrected chi connectivity index (χ2v) is 5.58. The molecule has 0 amide bonds. The summed E-state index contributed by atoms with van der Waals surface area (Å²) in [5.41, 5.74) is 1.53. The van der Waals surface area contributed by atoms with Gasteiger partial charge >= 0.3 is 0 Å². The predicted octanol–water partition coefficient (Wildman–Crippen LogP) is 3.29. The molecule has 3 rings (SSSR count). The van der Waals surface area contributed by atoms with Crippen LogP contribution in [0.5, 0.6) is 0 Å². The number of hydrogen-bond donors (Lipinski definition) is 3. The maximum absolute atomic E-state index is 13.1. The Morgan fingerprint density at radius 3 is 2.77 bits per heavy atom. The van der Waals surface area contributed by atoms with Crippen LogP contribution in [0.3, 0.4) is 0 Å². The van der Waals surface area contributed by atoms with Gasteiger partial charge < -0.3 is 15.7 Å². The zero-order valence-electron chi connectivity index (χ0n) is 11.8. The summed E-state index contributed by atoms with van der Waals surface area (Å²) in [5, 5.41) is 15.2. The van der Waals surface area contributed by atoms with E-state index in [2.05, 4.69) is 20.6 Å². The van der Waals surface area contributed by atoms with Crippen molar-refractivity contribution in [2.24, 2.45) is 0 Å². The minimum atomic E-state index is -0.387. The molecule has 5 nitrogen and oxygen atoms in total. The van der Waals surface area contributed by atoms with Crippen molar-refractivity contribution in [1.82, 2.24) is 9.97 Å². The summed E-state index contributed by atoms with van der Waals surface area (Å²) in [7, 11) is 0. The third-order valence-electron chi connectivity index (χ3n) is 3.33. The first-order valence-corrected chi connectivity index (χ1v) is 7.49. The molecule has 22 heavy (non-hydrogen) atoms. The fraction of sp³-hybridized carbons (Fsp3) is 0.333. The molecular weight excluding hydrogens is 307 g/mol. The van der Waals surface area contributed by atoms with Crippen LogP contribution in [0, 0.1) is 5.82 Å². The molecule has 1 aromatic carbocycles. The SMILES string of the molecule is OCCNc1nc(Nc2ccc(F)cc2Cl)cc(C2CC2)n1. The largest absolute Gasteiger partial charge is 0.395 e. The number of rotatable bonds is 6. The molecule has 0 aliphatic heterocycles. The van der Waals surface area contributed by atoms with Gasteiger partial charge in [-0.05, 0) is 31.0 Å². The lowest BCUT2D eigenvalue weighted by molar-refractivity contribution is 0.311. The fourth-order valence-electron chi connectivity index (χ4n) is 2.09. The molecule has 1 aliphatic carbocycles. The normalized spacial score (nSPS) is 14.0. The van der Waals surface area contributed by atoms with Crippen molar-refractivity contribution in [3.05, 3.63) is 40.8 Å². The van der Waals surface area contributed by atoms with E-state index < -0.39 is 0 Å². The Morgan fingerprint density at radius 1 is 1.27 bits per heavy atom. The van der Waals surface area contributed by atoms with E-state index in [1.165, 1.54) is 12.1 Å². The summed E-state index contributed by atoms with van der Waals surface area (Å²) in [6.07, 6.45) is 2.24. The highest BCUT2D eigenvalue weighted by molar-refractivity contribution is 6.33. The van der Waals surface area contributed by atoms with Crippen molar-refractivity contribution in [1.29, 1.82) is 0 Å². The van der Waals surface area contributed by atoms with Gasteiger partial charge in [0.25, 0.3) is 0 Å². The minimum Gasteiger partial charge on any atom is -0.395 e. The van der Waals surface area contributed by atoms with Crippen LogP contribution < -0.4 is 10.6 Å². The van der Waals surface area contributed by atoms with Crippen LogP contribution in [0.25, 0.3) is 0 Å². The van der Waals surface area contributed by atoms with E-state index in [1.54, 1.807) is 6.07 Å². The molecule has 7 heteroatoms. The minimum absolute atomic E-state index is 0.00354. The molecule has 1 saturated carbocycles. The predicted molar refractivity (Wildman–Crippen MR) is 84.3 cm³/mol. The fourth-order valence-corrected chi connectivity index (χ4v) is 2.31. The second kappa shape index (κ2) is 6.46. The number of aliphatic hydroxyl groups is 1. The van der Waals surface area contributed by atoms with Crippen molar-refractivity contribution >= 4 is 29.1 Å². The van der Waals surface area contributed by atoms with Gasteiger partial charge in [0.05, 0.1) is 23.0 Å². The van der Waals surface area contributed by atoms with E-state index in [9.17, 15) is 4.39 Å². The van der Waals surface area contributed by atoms with Gasteiger partial charge in [-0.25, -0.2) is 9.37 Å². The third kappa shape index (κ3) is 3.64. The lowest BCUT2D eigenvalue weighted by atomic mass is 10.2. The average Bonchev–Trinajstić information content (AvgIpc) is 3.33. The van der Waals surface area contributed by atoms with Crippen LogP contribution in [0.2, 0.25) is 5.02 Å². The molecule has 3 N–H and O–H groups in total. The molecule has 1 aromatic heterocycles. The Morgan fingerprint density at radius 2 is 2.09 bits per heavy atom. The van der Waals surface area contributed by atoms with Gasteiger partial charge in [-0.2, -0.15) is 4.98 Å². The standard InChI is InChI=1S/C15H16ClFN4O/c16-11-7-10(17)3-4-12(11)19-14-8-13(9-1-2-9)20-15(21-14)18-5-6-22/h3-4,7-9,22H,1-2,5-6H2,(H2,18,19,20,21). The first-order valence-electron chi connectivity index (χ1n) is 7.11. The molecule has 1 fully saturated rings. The molecule has 0 unspecified atom stereocenters. The van der Waals surface area contributed by atoms with Gasteiger partial charge in [-0.3, -0.25) is 0 Å². The molecule has 1 aliphatic rings. The van der Waals surface area contributed by atoms with E-state index in [1.807, 2.05) is 6.07 Å². The van der Waals surface area contributed by atoms with Gasteiger partial charge in [0.15, 0.2) is 0 Å². The highest BCUT2D eigenvalue weighted by Crippen LogP contribution is 2.40. The number of nitrogens with zero attached hydrogens (tertiary/aromatic N) is 2. The van der Waals surface area contributed by atoms with E-state index in [-0.39, 0.29) is 17.4 Å². The van der Waals surface area contributed by atoms with Crippen molar-refractivity contribution in [3.8, 4) is 0 Å². The Bertz CT molecular complexity index is 679. The second-order valence-electron chi connectivity index (χ2n) is 5.18. The van der Waals surface area contributed by atoms with Crippen molar-refractivity contribution in [2.45, 2.75) is 18.8 Å². The van der Waals surface area contributed by atoms with E-state index in [0.29, 0.717) is 29.9 Å². The lowest BCUT2D eigenvalue weighted by Crippen LogP contribution is -2.10. The molecule has 2 aromatic rings. The Kier molecular flexibility index (Phi) is 4.40. The highest BCUT2D eigenvalue weighted by Gasteiger charge is 2.26. The van der Waals surface area contributed by atoms with Crippen LogP contribution in [0.4, 0.5) is 21.8 Å². The molecule has 116 valence electrons. The number of aliphatic hydroxyl groups excluding tert-OH is 1. The summed E-state index contributed by atoms with van der Waals surface area (Å²) in [5.74, 6) is 1.12. The first-order chi connectivity index (χ1) is 10.7. The molecule has 0 atom stereocenters. The van der Waals surface area contributed by atoms with Crippen LogP contribution in [0.15, 0.2) is 24.3 Å². The van der Waals surface area contributed by atoms with Gasteiger partial charge in [0.1, 0.15) is 11.6 Å². The number of benzene rings is 1. The Hall–Kier alpha value is -1.92. The number of aromatic nitrogens is 2. The summed E-state index contributed by atoms with van der Waals surface area (Å²) >= 11 is 6.02. The maximum atomic E-state index is 13.1. The summed E-state index contributed by atoms with van der Waals surface area (Å²) < 4.78 is 13.1. The smallest absolute Gasteiger partial charge is 0.224 e. The summed E-state index contributed by atoms with van der Waals surface area (Å²) in [4.78, 5) is 8.79. The van der Waals surface area contributed by atoms with Gasteiger partial charge in [0.2, 0.25) is 5.95 Å². The highest BCUT2D eigenvalue weighted by atomic mass is 35.5. The first kappa shape index (κ1) is 15.0. The molecule has 0 radical (unpaired) electrons. The van der Waals surface area contributed by atoms with Gasteiger partial charge in [-0.1, -0.05) is 11.6 Å². The molecule has 0 saturated heterocycles. The Balaban J connectivity index is 1.86.